The predicted octanol–water partition coefficient (Wildman–Crippen LogP) is 2.95. The molecular formula is C23H24N2O3. The van der Waals surface area contributed by atoms with E-state index in [0.29, 0.717) is 24.6 Å². The number of nitrogens with one attached hydrogen (secondary N) is 2. The number of aliphatic hydroxyl groups excluding tert-OH is 1. The largest absolute Gasteiger partial charge is 0.393 e. The van der Waals surface area contributed by atoms with Crippen LogP contribution in [0.5, 0.6) is 0 Å². The standard InChI is InChI=1S/C23H24N2O3/c1-14-7-8-20-18(9-14)22(27)19(13-24-20)23(28)25-21(16-11-17(26)12-16)10-15-5-3-2-4-6-15/h2-9,13,16-17,21,26H,10-12H2,1H3,(H,24,27)(H,25,28)/t16?,17?,21-/m0/s1. The molecule has 0 aliphatic heterocycles. The van der Waals surface area contributed by atoms with Crippen molar-refractivity contribution < 1.29 is 9.90 Å². The van der Waals surface area contributed by atoms with Crippen LogP contribution in [0.4, 0.5) is 0 Å². The lowest BCUT2D eigenvalue weighted by Gasteiger charge is -2.38. The third kappa shape index (κ3) is 3.71. The van der Waals surface area contributed by atoms with Crippen LogP contribution in [0.1, 0.15) is 34.3 Å². The van der Waals surface area contributed by atoms with Crippen molar-refractivity contribution in [3.05, 3.63) is 81.6 Å². The molecule has 0 unspecified atom stereocenters. The van der Waals surface area contributed by atoms with Crippen LogP contribution in [0.25, 0.3) is 10.9 Å². The molecule has 1 atom stereocenters. The first-order valence-corrected chi connectivity index (χ1v) is 9.66. The molecule has 3 N–H and O–H groups in total. The monoisotopic (exact) mass is 376 g/mol. The molecule has 1 fully saturated rings. The van der Waals surface area contributed by atoms with Crippen LogP contribution in [0, 0.1) is 12.8 Å². The van der Waals surface area contributed by atoms with Crippen LogP contribution >= 0.6 is 0 Å². The molecule has 1 amide bonds. The number of amides is 1. The number of carbonyl (C=O) groups is 1. The summed E-state index contributed by atoms with van der Waals surface area (Å²) < 4.78 is 0. The second kappa shape index (κ2) is 7.60. The topological polar surface area (TPSA) is 82.2 Å². The van der Waals surface area contributed by atoms with Gasteiger partial charge in [0.2, 0.25) is 5.43 Å². The van der Waals surface area contributed by atoms with E-state index in [1.165, 1.54) is 6.20 Å². The Kier molecular flexibility index (Phi) is 5.01. The highest BCUT2D eigenvalue weighted by Crippen LogP contribution is 2.32. The number of carbonyl (C=O) groups excluding carboxylic acids is 1. The first-order valence-electron chi connectivity index (χ1n) is 9.66. The maximum absolute atomic E-state index is 12.9. The molecule has 0 bridgehead atoms. The number of hydrogen-bond acceptors (Lipinski definition) is 3. The minimum absolute atomic E-state index is 0.120. The first kappa shape index (κ1) is 18.4. The van der Waals surface area contributed by atoms with Crippen LogP contribution in [-0.2, 0) is 6.42 Å². The highest BCUT2D eigenvalue weighted by molar-refractivity contribution is 5.97. The molecule has 1 aromatic heterocycles. The molecule has 5 nitrogen and oxygen atoms in total. The van der Waals surface area contributed by atoms with Gasteiger partial charge in [-0.1, -0.05) is 42.0 Å². The van der Waals surface area contributed by atoms with Crippen LogP contribution < -0.4 is 10.7 Å². The minimum Gasteiger partial charge on any atom is -0.393 e. The van der Waals surface area contributed by atoms with Gasteiger partial charge in [0, 0.05) is 23.1 Å². The average Bonchev–Trinajstić information content (AvgIpc) is 2.66. The van der Waals surface area contributed by atoms with Crippen molar-refractivity contribution in [2.75, 3.05) is 0 Å². The number of fused-ring (bicyclic) bond motifs is 1. The van der Waals surface area contributed by atoms with Crippen LogP contribution in [-0.4, -0.2) is 28.1 Å². The molecule has 1 aliphatic carbocycles. The summed E-state index contributed by atoms with van der Waals surface area (Å²) in [6.45, 7) is 1.92. The lowest BCUT2D eigenvalue weighted by Crippen LogP contribution is -2.49. The van der Waals surface area contributed by atoms with Gasteiger partial charge in [0.1, 0.15) is 5.56 Å². The Labute approximate surface area is 163 Å². The van der Waals surface area contributed by atoms with Crippen molar-refractivity contribution in [3.8, 4) is 0 Å². The zero-order valence-electron chi connectivity index (χ0n) is 15.8. The molecule has 5 heteroatoms. The van der Waals surface area contributed by atoms with Crippen molar-refractivity contribution in [3.63, 3.8) is 0 Å². The Morgan fingerprint density at radius 3 is 2.68 bits per heavy atom. The predicted molar refractivity (Wildman–Crippen MR) is 109 cm³/mol. The summed E-state index contributed by atoms with van der Waals surface area (Å²) >= 11 is 0. The van der Waals surface area contributed by atoms with E-state index in [9.17, 15) is 14.7 Å². The Bertz CT molecular complexity index is 1050. The number of aromatic amines is 1. The molecule has 144 valence electrons. The molecule has 0 radical (unpaired) electrons. The SMILES string of the molecule is Cc1ccc2[nH]cc(C(=O)N[C@@H](Cc3ccccc3)C3CC(O)C3)c(=O)c2c1. The molecule has 1 aliphatic rings. The van der Waals surface area contributed by atoms with Gasteiger partial charge < -0.3 is 15.4 Å². The normalized spacial score (nSPS) is 19.8. The van der Waals surface area contributed by atoms with Gasteiger partial charge in [-0.3, -0.25) is 9.59 Å². The number of aromatic nitrogens is 1. The Morgan fingerprint density at radius 2 is 1.96 bits per heavy atom. The Hall–Kier alpha value is -2.92. The number of aliphatic hydroxyl groups is 1. The van der Waals surface area contributed by atoms with Gasteiger partial charge in [0.05, 0.1) is 6.10 Å². The zero-order chi connectivity index (χ0) is 19.7. The van der Waals surface area contributed by atoms with Crippen molar-refractivity contribution in [2.45, 2.75) is 38.3 Å². The van der Waals surface area contributed by atoms with E-state index in [1.54, 1.807) is 6.07 Å². The van der Waals surface area contributed by atoms with E-state index in [0.717, 1.165) is 16.6 Å². The summed E-state index contributed by atoms with van der Waals surface area (Å²) in [4.78, 5) is 28.8. The fourth-order valence-electron chi connectivity index (χ4n) is 3.91. The summed E-state index contributed by atoms with van der Waals surface area (Å²) in [5.41, 5.74) is 2.67. The van der Waals surface area contributed by atoms with Crippen molar-refractivity contribution in [1.29, 1.82) is 0 Å². The van der Waals surface area contributed by atoms with E-state index in [-0.39, 0.29) is 35.0 Å². The fourth-order valence-corrected chi connectivity index (χ4v) is 3.91. The van der Waals surface area contributed by atoms with E-state index in [2.05, 4.69) is 10.3 Å². The quantitative estimate of drug-likeness (QED) is 0.640. The number of H-pyrrole nitrogens is 1. The summed E-state index contributed by atoms with van der Waals surface area (Å²) in [7, 11) is 0. The maximum atomic E-state index is 12.9. The van der Waals surface area contributed by atoms with Gasteiger partial charge in [0.15, 0.2) is 0 Å². The second-order valence-electron chi connectivity index (χ2n) is 7.74. The number of rotatable bonds is 5. The molecule has 2 aromatic carbocycles. The van der Waals surface area contributed by atoms with Crippen molar-refractivity contribution >= 4 is 16.8 Å². The molecule has 1 saturated carbocycles. The average molecular weight is 376 g/mol. The zero-order valence-corrected chi connectivity index (χ0v) is 15.8. The number of pyridine rings is 1. The Balaban J connectivity index is 1.59. The summed E-state index contributed by atoms with van der Waals surface area (Å²) in [6.07, 6.45) is 3.21. The van der Waals surface area contributed by atoms with E-state index in [4.69, 9.17) is 0 Å². The number of benzene rings is 2. The molecule has 0 saturated heterocycles. The smallest absolute Gasteiger partial charge is 0.257 e. The summed E-state index contributed by atoms with van der Waals surface area (Å²) in [5.74, 6) is -0.159. The summed E-state index contributed by atoms with van der Waals surface area (Å²) in [5, 5.41) is 13.3. The van der Waals surface area contributed by atoms with Crippen LogP contribution in [0.3, 0.4) is 0 Å². The lowest BCUT2D eigenvalue weighted by molar-refractivity contribution is 0.0239. The first-order chi connectivity index (χ1) is 13.5. The molecule has 3 aromatic rings. The minimum atomic E-state index is -0.369. The van der Waals surface area contributed by atoms with Crippen LogP contribution in [0.2, 0.25) is 0 Å². The lowest BCUT2D eigenvalue weighted by atomic mass is 9.75. The second-order valence-corrected chi connectivity index (χ2v) is 7.74. The van der Waals surface area contributed by atoms with Gasteiger partial charge in [-0.25, -0.2) is 0 Å². The van der Waals surface area contributed by atoms with E-state index in [1.807, 2.05) is 49.4 Å². The van der Waals surface area contributed by atoms with Crippen LogP contribution in [0.15, 0.2) is 59.5 Å². The maximum Gasteiger partial charge on any atom is 0.257 e. The van der Waals surface area contributed by atoms with Gasteiger partial charge in [-0.05, 0) is 49.8 Å². The molecular weight excluding hydrogens is 352 g/mol. The van der Waals surface area contributed by atoms with Crippen molar-refractivity contribution in [1.82, 2.24) is 10.3 Å². The molecule has 28 heavy (non-hydrogen) atoms. The number of hydrogen-bond donors (Lipinski definition) is 3. The highest BCUT2D eigenvalue weighted by atomic mass is 16.3. The van der Waals surface area contributed by atoms with Crippen molar-refractivity contribution in [2.24, 2.45) is 5.92 Å². The van der Waals surface area contributed by atoms with Gasteiger partial charge in [-0.15, -0.1) is 0 Å². The third-order valence-corrected chi connectivity index (χ3v) is 5.61. The molecule has 0 spiro atoms. The highest BCUT2D eigenvalue weighted by Gasteiger charge is 2.35. The van der Waals surface area contributed by atoms with Gasteiger partial charge in [0.25, 0.3) is 5.91 Å². The van der Waals surface area contributed by atoms with E-state index >= 15 is 0 Å². The van der Waals surface area contributed by atoms with E-state index < -0.39 is 0 Å². The number of aryl methyl sites for hydroxylation is 1. The third-order valence-electron chi connectivity index (χ3n) is 5.61. The van der Waals surface area contributed by atoms with Gasteiger partial charge in [-0.2, -0.15) is 0 Å². The summed E-state index contributed by atoms with van der Waals surface area (Å²) in [6, 6.07) is 15.4. The van der Waals surface area contributed by atoms with Gasteiger partial charge >= 0.3 is 0 Å². The Morgan fingerprint density at radius 1 is 1.21 bits per heavy atom. The molecule has 1 heterocycles. The molecule has 4 rings (SSSR count). The fraction of sp³-hybridized carbons (Fsp3) is 0.304.